The quantitative estimate of drug-likeness (QED) is 0.518. The van der Waals surface area contributed by atoms with Gasteiger partial charge in [0, 0.05) is 24.2 Å². The van der Waals surface area contributed by atoms with Crippen molar-refractivity contribution in [3.63, 3.8) is 0 Å². The van der Waals surface area contributed by atoms with E-state index in [-0.39, 0.29) is 18.4 Å². The molecule has 4 aromatic heterocycles. The molecule has 29 heavy (non-hydrogen) atoms. The Morgan fingerprint density at radius 1 is 1.17 bits per heavy atom. The van der Waals surface area contributed by atoms with Gasteiger partial charge in [-0.1, -0.05) is 11.3 Å². The highest BCUT2D eigenvalue weighted by atomic mass is 32.1. The number of anilines is 2. The first kappa shape index (κ1) is 19.2. The molecule has 0 aliphatic heterocycles. The standard InChI is InChI=1S/C19H21FN8S/c1-11-5-7-21-15(17(11)20)10-27-8-6-16(26-27)22-19-24-23-18(29-19)14(4)28-13(3)9-12(2)25-28/h5-9,14H,10H2,1-4H3,(H,22,24,26). The average molecular weight is 412 g/mol. The fourth-order valence-electron chi connectivity index (χ4n) is 3.08. The SMILES string of the molecule is Cc1cc(C)n(C(C)c2nnc(Nc3ccn(Cc4nccc(C)c4F)n3)s2)n1. The summed E-state index contributed by atoms with van der Waals surface area (Å²) in [5.74, 6) is 0.309. The van der Waals surface area contributed by atoms with E-state index in [4.69, 9.17) is 0 Å². The lowest BCUT2D eigenvalue weighted by atomic mass is 10.2. The Kier molecular flexibility index (Phi) is 5.10. The van der Waals surface area contributed by atoms with E-state index in [1.165, 1.54) is 11.3 Å². The van der Waals surface area contributed by atoms with Crippen molar-refractivity contribution in [3.8, 4) is 0 Å². The second-order valence-corrected chi connectivity index (χ2v) is 7.91. The molecule has 0 saturated heterocycles. The molecule has 0 aliphatic rings. The van der Waals surface area contributed by atoms with Crippen molar-refractivity contribution in [1.29, 1.82) is 0 Å². The van der Waals surface area contributed by atoms with Crippen molar-refractivity contribution < 1.29 is 4.39 Å². The summed E-state index contributed by atoms with van der Waals surface area (Å²) in [6.45, 7) is 8.01. The maximum absolute atomic E-state index is 14.1. The second-order valence-electron chi connectivity index (χ2n) is 6.91. The summed E-state index contributed by atoms with van der Waals surface area (Å²) < 4.78 is 17.7. The molecule has 4 rings (SSSR count). The minimum atomic E-state index is -0.301. The number of hydrogen-bond acceptors (Lipinski definition) is 7. The maximum atomic E-state index is 14.1. The molecule has 0 aliphatic carbocycles. The van der Waals surface area contributed by atoms with Crippen LogP contribution in [0.25, 0.3) is 0 Å². The second kappa shape index (κ2) is 7.70. The summed E-state index contributed by atoms with van der Waals surface area (Å²) in [7, 11) is 0. The fraction of sp³-hybridized carbons (Fsp3) is 0.316. The van der Waals surface area contributed by atoms with Crippen LogP contribution in [0, 0.1) is 26.6 Å². The van der Waals surface area contributed by atoms with Gasteiger partial charge in [0.05, 0.1) is 17.9 Å². The predicted molar refractivity (Wildman–Crippen MR) is 109 cm³/mol. The van der Waals surface area contributed by atoms with Gasteiger partial charge in [0.1, 0.15) is 16.9 Å². The van der Waals surface area contributed by atoms with E-state index in [0.29, 0.717) is 22.2 Å². The summed E-state index contributed by atoms with van der Waals surface area (Å²) in [6.07, 6.45) is 3.37. The van der Waals surface area contributed by atoms with Crippen LogP contribution in [0.1, 0.15) is 40.6 Å². The van der Waals surface area contributed by atoms with Gasteiger partial charge in [0.25, 0.3) is 0 Å². The minimum absolute atomic E-state index is 0.00956. The van der Waals surface area contributed by atoms with Crippen LogP contribution in [0.3, 0.4) is 0 Å². The van der Waals surface area contributed by atoms with Gasteiger partial charge in [-0.2, -0.15) is 10.2 Å². The Morgan fingerprint density at radius 2 is 2.00 bits per heavy atom. The Balaban J connectivity index is 1.46. The van der Waals surface area contributed by atoms with Gasteiger partial charge in [-0.3, -0.25) is 14.3 Å². The summed E-state index contributed by atoms with van der Waals surface area (Å²) in [4.78, 5) is 4.10. The fourth-order valence-corrected chi connectivity index (χ4v) is 3.87. The number of pyridine rings is 1. The van der Waals surface area contributed by atoms with Gasteiger partial charge in [-0.25, -0.2) is 4.39 Å². The highest BCUT2D eigenvalue weighted by molar-refractivity contribution is 7.15. The van der Waals surface area contributed by atoms with Crippen LogP contribution in [0.15, 0.2) is 30.6 Å². The van der Waals surface area contributed by atoms with E-state index in [2.05, 4.69) is 30.7 Å². The molecule has 0 aromatic carbocycles. The van der Waals surface area contributed by atoms with E-state index in [9.17, 15) is 4.39 Å². The highest BCUT2D eigenvalue weighted by Gasteiger charge is 2.17. The van der Waals surface area contributed by atoms with Gasteiger partial charge in [0.15, 0.2) is 5.82 Å². The highest BCUT2D eigenvalue weighted by Crippen LogP contribution is 2.27. The largest absolute Gasteiger partial charge is 0.313 e. The smallest absolute Gasteiger partial charge is 0.211 e. The zero-order valence-electron chi connectivity index (χ0n) is 16.6. The third-order valence-electron chi connectivity index (χ3n) is 4.55. The van der Waals surface area contributed by atoms with Gasteiger partial charge in [-0.15, -0.1) is 10.2 Å². The first-order valence-electron chi connectivity index (χ1n) is 9.17. The molecular weight excluding hydrogens is 391 g/mol. The molecular formula is C19H21FN8S. The van der Waals surface area contributed by atoms with Gasteiger partial charge in [-0.05, 0) is 45.4 Å². The number of rotatable bonds is 6. The lowest BCUT2D eigenvalue weighted by Crippen LogP contribution is -2.10. The molecule has 150 valence electrons. The molecule has 1 N–H and O–H groups in total. The van der Waals surface area contributed by atoms with Crippen LogP contribution < -0.4 is 5.32 Å². The number of aryl methyl sites for hydroxylation is 3. The van der Waals surface area contributed by atoms with E-state index < -0.39 is 0 Å². The summed E-state index contributed by atoms with van der Waals surface area (Å²) in [6, 6.07) is 5.48. The third-order valence-corrected chi connectivity index (χ3v) is 5.56. The Bertz CT molecular complexity index is 1150. The average Bonchev–Trinajstić information content (AvgIpc) is 3.40. The molecule has 0 bridgehead atoms. The molecule has 0 fully saturated rings. The van der Waals surface area contributed by atoms with Crippen molar-refractivity contribution in [2.45, 2.75) is 40.3 Å². The van der Waals surface area contributed by atoms with Crippen LogP contribution in [0.4, 0.5) is 15.3 Å². The van der Waals surface area contributed by atoms with E-state index >= 15 is 0 Å². The number of aromatic nitrogens is 7. The normalized spacial score (nSPS) is 12.3. The zero-order valence-corrected chi connectivity index (χ0v) is 17.4. The maximum Gasteiger partial charge on any atom is 0.211 e. The molecule has 1 atom stereocenters. The molecule has 8 nitrogen and oxygen atoms in total. The Labute approximate surface area is 171 Å². The van der Waals surface area contributed by atoms with Crippen molar-refractivity contribution >= 4 is 22.3 Å². The number of halogens is 1. The molecule has 0 spiro atoms. The first-order valence-corrected chi connectivity index (χ1v) is 9.99. The topological polar surface area (TPSA) is 86.3 Å². The molecule has 10 heteroatoms. The molecule has 0 saturated carbocycles. The first-order chi connectivity index (χ1) is 13.9. The zero-order chi connectivity index (χ0) is 20.5. The number of hydrogen-bond donors (Lipinski definition) is 1. The summed E-state index contributed by atoms with van der Waals surface area (Å²) in [5, 5.41) is 22.1. The van der Waals surface area contributed by atoms with Crippen LogP contribution in [-0.4, -0.2) is 34.7 Å². The van der Waals surface area contributed by atoms with Crippen LogP contribution in [0.5, 0.6) is 0 Å². The van der Waals surface area contributed by atoms with E-state index in [1.807, 2.05) is 31.5 Å². The van der Waals surface area contributed by atoms with Crippen LogP contribution in [0.2, 0.25) is 0 Å². The molecule has 0 amide bonds. The molecule has 0 radical (unpaired) electrons. The molecule has 4 heterocycles. The van der Waals surface area contributed by atoms with Crippen molar-refractivity contribution in [2.75, 3.05) is 5.32 Å². The Hall–Kier alpha value is -3.14. The van der Waals surface area contributed by atoms with E-state index in [0.717, 1.165) is 16.4 Å². The Morgan fingerprint density at radius 3 is 2.76 bits per heavy atom. The van der Waals surface area contributed by atoms with Crippen LogP contribution in [-0.2, 0) is 6.54 Å². The lowest BCUT2D eigenvalue weighted by Gasteiger charge is -2.10. The van der Waals surface area contributed by atoms with Crippen molar-refractivity contribution in [3.05, 3.63) is 64.1 Å². The minimum Gasteiger partial charge on any atom is -0.313 e. The van der Waals surface area contributed by atoms with Gasteiger partial charge < -0.3 is 5.32 Å². The van der Waals surface area contributed by atoms with Gasteiger partial charge in [0.2, 0.25) is 5.13 Å². The predicted octanol–water partition coefficient (Wildman–Crippen LogP) is 3.79. The summed E-state index contributed by atoms with van der Waals surface area (Å²) in [5.41, 5.74) is 2.98. The van der Waals surface area contributed by atoms with Crippen molar-refractivity contribution in [2.24, 2.45) is 0 Å². The van der Waals surface area contributed by atoms with E-state index in [1.54, 1.807) is 36.1 Å². The number of nitrogens with one attached hydrogen (secondary N) is 1. The molecule has 1 unspecified atom stereocenters. The lowest BCUT2D eigenvalue weighted by molar-refractivity contribution is 0.540. The third kappa shape index (κ3) is 4.02. The van der Waals surface area contributed by atoms with Crippen LogP contribution >= 0.6 is 11.3 Å². The molecule has 4 aromatic rings. The number of nitrogens with zero attached hydrogens (tertiary/aromatic N) is 7. The summed E-state index contributed by atoms with van der Waals surface area (Å²) >= 11 is 1.45. The monoisotopic (exact) mass is 412 g/mol. The van der Waals surface area contributed by atoms with Crippen molar-refractivity contribution in [1.82, 2.24) is 34.7 Å². The van der Waals surface area contributed by atoms with Gasteiger partial charge >= 0.3 is 0 Å².